The summed E-state index contributed by atoms with van der Waals surface area (Å²) >= 11 is 0. The van der Waals surface area contributed by atoms with E-state index in [1.165, 1.54) is 22.3 Å². The van der Waals surface area contributed by atoms with Gasteiger partial charge in [0.1, 0.15) is 0 Å². The first kappa shape index (κ1) is 10.5. The summed E-state index contributed by atoms with van der Waals surface area (Å²) in [4.78, 5) is 4.09. The molecule has 1 atom stereocenters. The summed E-state index contributed by atoms with van der Waals surface area (Å²) in [6, 6.07) is 11.2. The lowest BCUT2D eigenvalue weighted by Crippen LogP contribution is -2.28. The predicted molar refractivity (Wildman–Crippen MR) is 69.8 cm³/mol. The van der Waals surface area contributed by atoms with Gasteiger partial charge in [0.15, 0.2) is 0 Å². The summed E-state index contributed by atoms with van der Waals surface area (Å²) in [6.07, 6.45) is 4.83. The van der Waals surface area contributed by atoms with Crippen LogP contribution in [0.3, 0.4) is 0 Å². The quantitative estimate of drug-likeness (QED) is 0.805. The van der Waals surface area contributed by atoms with Crippen LogP contribution in [0.15, 0.2) is 42.7 Å². The summed E-state index contributed by atoms with van der Waals surface area (Å²) < 4.78 is 0. The molecule has 2 nitrogen and oxygen atoms in total. The fraction of sp³-hybridized carbons (Fsp3) is 0.267. The third-order valence-corrected chi connectivity index (χ3v) is 3.50. The Morgan fingerprint density at radius 3 is 2.82 bits per heavy atom. The van der Waals surface area contributed by atoms with Crippen LogP contribution in [0.25, 0.3) is 11.1 Å². The van der Waals surface area contributed by atoms with Crippen LogP contribution in [0, 0.1) is 0 Å². The van der Waals surface area contributed by atoms with E-state index in [2.05, 4.69) is 47.6 Å². The van der Waals surface area contributed by atoms with Gasteiger partial charge in [0.2, 0.25) is 0 Å². The maximum atomic E-state index is 4.09. The lowest BCUT2D eigenvalue weighted by atomic mass is 9.88. The number of nitrogens with zero attached hydrogens (tertiary/aromatic N) is 1. The van der Waals surface area contributed by atoms with Crippen molar-refractivity contribution in [1.29, 1.82) is 0 Å². The zero-order valence-electron chi connectivity index (χ0n) is 9.98. The molecule has 1 N–H and O–H groups in total. The highest BCUT2D eigenvalue weighted by molar-refractivity contribution is 5.69. The highest BCUT2D eigenvalue weighted by Crippen LogP contribution is 2.31. The van der Waals surface area contributed by atoms with Gasteiger partial charge in [0.05, 0.1) is 0 Å². The molecular formula is C15H16N2. The van der Waals surface area contributed by atoms with E-state index in [-0.39, 0.29) is 0 Å². The van der Waals surface area contributed by atoms with Gasteiger partial charge in [-0.25, -0.2) is 0 Å². The molecule has 1 unspecified atom stereocenters. The van der Waals surface area contributed by atoms with Crippen LogP contribution in [0.5, 0.6) is 0 Å². The summed E-state index contributed by atoms with van der Waals surface area (Å²) in [5.41, 5.74) is 5.56. The van der Waals surface area contributed by atoms with Gasteiger partial charge in [0, 0.05) is 18.4 Å². The molecule has 0 bridgehead atoms. The Balaban J connectivity index is 2.16. The van der Waals surface area contributed by atoms with Crippen molar-refractivity contribution in [3.05, 3.63) is 53.9 Å². The second-order valence-corrected chi connectivity index (χ2v) is 4.54. The summed E-state index contributed by atoms with van der Waals surface area (Å²) in [6.45, 7) is 3.30. The number of rotatable bonds is 1. The molecule has 0 fully saturated rings. The van der Waals surface area contributed by atoms with E-state index >= 15 is 0 Å². The van der Waals surface area contributed by atoms with E-state index < -0.39 is 0 Å². The maximum Gasteiger partial charge on any atom is 0.0294 e. The first-order valence-electron chi connectivity index (χ1n) is 6.12. The van der Waals surface area contributed by atoms with Crippen molar-refractivity contribution >= 4 is 0 Å². The first-order chi connectivity index (χ1) is 8.36. The Morgan fingerprint density at radius 1 is 1.18 bits per heavy atom. The topological polar surface area (TPSA) is 24.9 Å². The van der Waals surface area contributed by atoms with Crippen molar-refractivity contribution in [3.63, 3.8) is 0 Å². The average molecular weight is 224 g/mol. The number of benzene rings is 1. The summed E-state index contributed by atoms with van der Waals surface area (Å²) in [5, 5.41) is 3.50. The predicted octanol–water partition coefficient (Wildman–Crippen LogP) is 2.96. The van der Waals surface area contributed by atoms with Gasteiger partial charge in [0.25, 0.3) is 0 Å². The third kappa shape index (κ3) is 1.85. The maximum absolute atomic E-state index is 4.09. The second kappa shape index (κ2) is 4.30. The van der Waals surface area contributed by atoms with Gasteiger partial charge in [-0.2, -0.15) is 0 Å². The molecule has 0 spiro atoms. The number of hydrogen-bond acceptors (Lipinski definition) is 2. The SMILES string of the molecule is CC1NCCc2c(-c3ccncc3)cccc21. The van der Waals surface area contributed by atoms with Crippen molar-refractivity contribution in [2.24, 2.45) is 0 Å². The number of hydrogen-bond donors (Lipinski definition) is 1. The molecule has 0 radical (unpaired) electrons. The molecule has 1 aliphatic rings. The van der Waals surface area contributed by atoms with Crippen LogP contribution in [0.1, 0.15) is 24.1 Å². The minimum Gasteiger partial charge on any atom is -0.310 e. The Hall–Kier alpha value is -1.67. The van der Waals surface area contributed by atoms with Crippen molar-refractivity contribution < 1.29 is 0 Å². The average Bonchev–Trinajstić information content (AvgIpc) is 2.40. The van der Waals surface area contributed by atoms with Gasteiger partial charge >= 0.3 is 0 Å². The van der Waals surface area contributed by atoms with E-state index in [9.17, 15) is 0 Å². The van der Waals surface area contributed by atoms with E-state index in [1.54, 1.807) is 0 Å². The molecule has 1 aliphatic heterocycles. The summed E-state index contributed by atoms with van der Waals surface area (Å²) in [5.74, 6) is 0. The Kier molecular flexibility index (Phi) is 2.65. The lowest BCUT2D eigenvalue weighted by molar-refractivity contribution is 0.541. The van der Waals surface area contributed by atoms with Crippen molar-refractivity contribution in [2.45, 2.75) is 19.4 Å². The molecule has 0 amide bonds. The second-order valence-electron chi connectivity index (χ2n) is 4.54. The molecule has 86 valence electrons. The Morgan fingerprint density at radius 2 is 2.00 bits per heavy atom. The molecule has 1 aromatic heterocycles. The van der Waals surface area contributed by atoms with Crippen LogP contribution in [0.4, 0.5) is 0 Å². The molecule has 2 aromatic rings. The lowest BCUT2D eigenvalue weighted by Gasteiger charge is -2.26. The monoisotopic (exact) mass is 224 g/mol. The van der Waals surface area contributed by atoms with E-state index in [0.29, 0.717) is 6.04 Å². The van der Waals surface area contributed by atoms with Gasteiger partial charge in [-0.3, -0.25) is 4.98 Å². The summed E-state index contributed by atoms with van der Waals surface area (Å²) in [7, 11) is 0. The van der Waals surface area contributed by atoms with Gasteiger partial charge in [-0.15, -0.1) is 0 Å². The molecule has 3 rings (SSSR count). The highest BCUT2D eigenvalue weighted by Gasteiger charge is 2.18. The third-order valence-electron chi connectivity index (χ3n) is 3.50. The van der Waals surface area contributed by atoms with Crippen molar-refractivity contribution in [1.82, 2.24) is 10.3 Å². The molecular weight excluding hydrogens is 208 g/mol. The van der Waals surface area contributed by atoms with Crippen molar-refractivity contribution in [3.8, 4) is 11.1 Å². The minimum atomic E-state index is 0.459. The molecule has 2 heteroatoms. The van der Waals surface area contributed by atoms with Gasteiger partial charge < -0.3 is 5.32 Å². The first-order valence-corrected chi connectivity index (χ1v) is 6.12. The van der Waals surface area contributed by atoms with Gasteiger partial charge in [-0.05, 0) is 54.3 Å². The van der Waals surface area contributed by atoms with Crippen LogP contribution >= 0.6 is 0 Å². The molecule has 0 aliphatic carbocycles. The molecule has 0 saturated heterocycles. The molecule has 2 heterocycles. The fourth-order valence-corrected chi connectivity index (χ4v) is 2.61. The van der Waals surface area contributed by atoms with Crippen molar-refractivity contribution in [2.75, 3.05) is 6.54 Å². The molecule has 1 aromatic carbocycles. The number of fused-ring (bicyclic) bond motifs is 1. The van der Waals surface area contributed by atoms with Crippen LogP contribution in [-0.4, -0.2) is 11.5 Å². The number of nitrogens with one attached hydrogen (secondary N) is 1. The van der Waals surface area contributed by atoms with Crippen LogP contribution in [0.2, 0.25) is 0 Å². The van der Waals surface area contributed by atoms with E-state index in [1.807, 2.05) is 12.4 Å². The minimum absolute atomic E-state index is 0.459. The largest absolute Gasteiger partial charge is 0.310 e. The smallest absolute Gasteiger partial charge is 0.0294 e. The number of pyridine rings is 1. The molecule has 0 saturated carbocycles. The Labute approximate surface area is 102 Å². The highest BCUT2D eigenvalue weighted by atomic mass is 14.9. The fourth-order valence-electron chi connectivity index (χ4n) is 2.61. The van der Waals surface area contributed by atoms with Gasteiger partial charge in [-0.1, -0.05) is 18.2 Å². The van der Waals surface area contributed by atoms with Crippen LogP contribution < -0.4 is 5.32 Å². The standard InChI is InChI=1S/C15H16N2/c1-11-13-3-2-4-14(15(13)7-10-17-11)12-5-8-16-9-6-12/h2-6,8-9,11,17H,7,10H2,1H3. The normalized spacial score (nSPS) is 18.8. The zero-order valence-corrected chi connectivity index (χ0v) is 9.98. The zero-order chi connectivity index (χ0) is 11.7. The van der Waals surface area contributed by atoms with E-state index in [4.69, 9.17) is 0 Å². The molecule has 17 heavy (non-hydrogen) atoms. The van der Waals surface area contributed by atoms with Crippen LogP contribution in [-0.2, 0) is 6.42 Å². The number of aromatic nitrogens is 1. The Bertz CT molecular complexity index is 520. The van der Waals surface area contributed by atoms with E-state index in [0.717, 1.165) is 13.0 Å².